The lowest BCUT2D eigenvalue weighted by molar-refractivity contribution is 0.261. The number of hydrogen-bond donors (Lipinski definition) is 0. The average molecular weight is 395 g/mol. The fourth-order valence-corrected chi connectivity index (χ4v) is 3.84. The molecule has 0 bridgehead atoms. The number of fused-ring (bicyclic) bond motifs is 2. The van der Waals surface area contributed by atoms with Crippen LogP contribution in [0.25, 0.3) is 0 Å². The van der Waals surface area contributed by atoms with Gasteiger partial charge in [0.05, 0.1) is 0 Å². The van der Waals surface area contributed by atoms with Crippen molar-refractivity contribution < 1.29 is 4.74 Å². The van der Waals surface area contributed by atoms with Gasteiger partial charge in [0.25, 0.3) is 0 Å². The highest BCUT2D eigenvalue weighted by Gasteiger charge is 2.30. The van der Waals surface area contributed by atoms with E-state index in [2.05, 4.69) is 104 Å². The van der Waals surface area contributed by atoms with Gasteiger partial charge in [-0.3, -0.25) is 0 Å². The molecule has 1 aliphatic rings. The number of hydrogen-bond acceptors (Lipinski definition) is 3. The Kier molecular flexibility index (Phi) is 6.28. The summed E-state index contributed by atoms with van der Waals surface area (Å²) in [6.45, 7) is 1.59. The summed E-state index contributed by atoms with van der Waals surface area (Å²) in [5.74, 6) is 1.15. The van der Waals surface area contributed by atoms with Crippen molar-refractivity contribution in [1.29, 1.82) is 0 Å². The van der Waals surface area contributed by atoms with Gasteiger partial charge in [-0.05, 0) is 55.1 Å². The highest BCUT2D eigenvalue weighted by Crippen LogP contribution is 2.48. The van der Waals surface area contributed by atoms with Gasteiger partial charge in [0.15, 0.2) is 0 Å². The van der Waals surface area contributed by atoms with Crippen molar-refractivity contribution in [3.8, 4) is 5.75 Å². The molecule has 0 fully saturated rings. The zero-order chi connectivity index (χ0) is 18.8. The maximum Gasteiger partial charge on any atom is 0.119 e. The summed E-state index contributed by atoms with van der Waals surface area (Å²) < 4.78 is 6.03. The third kappa shape index (κ3) is 3.87. The zero-order valence-corrected chi connectivity index (χ0v) is 17.4. The van der Waals surface area contributed by atoms with Crippen molar-refractivity contribution >= 4 is 23.8 Å². The monoisotopic (exact) mass is 394 g/mol. The van der Waals surface area contributed by atoms with Gasteiger partial charge < -0.3 is 14.5 Å². The van der Waals surface area contributed by atoms with E-state index in [4.69, 9.17) is 4.74 Å². The van der Waals surface area contributed by atoms with Crippen LogP contribution in [0.3, 0.4) is 0 Å². The molecule has 4 rings (SSSR count). The molecule has 1 aliphatic heterocycles. The van der Waals surface area contributed by atoms with E-state index in [0.29, 0.717) is 6.61 Å². The lowest BCUT2D eigenvalue weighted by Crippen LogP contribution is -2.23. The molecule has 1 heterocycles. The topological polar surface area (TPSA) is 15.7 Å². The van der Waals surface area contributed by atoms with E-state index in [0.717, 1.165) is 12.3 Å². The SMILES string of the molecule is CN(C)CCOc1ccc2c(c1)C(c1ccccc1)c1ccccc1N2C.Cl. The first-order chi connectivity index (χ1) is 13.1. The number of nitrogens with zero attached hydrogens (tertiary/aromatic N) is 2. The number of rotatable bonds is 5. The van der Waals surface area contributed by atoms with Crippen molar-refractivity contribution in [2.24, 2.45) is 0 Å². The van der Waals surface area contributed by atoms with E-state index >= 15 is 0 Å². The Hall–Kier alpha value is -2.49. The molecule has 0 radical (unpaired) electrons. The predicted octanol–water partition coefficient (Wildman–Crippen LogP) is 5.31. The molecule has 146 valence electrons. The second-order valence-electron chi connectivity index (χ2n) is 7.33. The molecule has 28 heavy (non-hydrogen) atoms. The Labute approximate surface area is 174 Å². The van der Waals surface area contributed by atoms with E-state index in [1.54, 1.807) is 0 Å². The van der Waals surface area contributed by atoms with Crippen LogP contribution in [0.15, 0.2) is 72.8 Å². The van der Waals surface area contributed by atoms with Gasteiger partial charge in [0, 0.05) is 30.9 Å². The molecule has 0 spiro atoms. The molecular formula is C24H27ClN2O. The zero-order valence-electron chi connectivity index (χ0n) is 16.6. The fourth-order valence-electron chi connectivity index (χ4n) is 3.84. The second kappa shape index (κ2) is 8.68. The minimum absolute atomic E-state index is 0. The van der Waals surface area contributed by atoms with Gasteiger partial charge >= 0.3 is 0 Å². The second-order valence-corrected chi connectivity index (χ2v) is 7.33. The first-order valence-electron chi connectivity index (χ1n) is 9.44. The molecule has 1 atom stereocenters. The summed E-state index contributed by atoms with van der Waals surface area (Å²) in [6, 6.07) is 25.9. The third-order valence-electron chi connectivity index (χ3n) is 5.22. The summed E-state index contributed by atoms with van der Waals surface area (Å²) in [7, 11) is 6.27. The molecule has 3 aromatic carbocycles. The van der Waals surface area contributed by atoms with Gasteiger partial charge in [-0.2, -0.15) is 0 Å². The van der Waals surface area contributed by atoms with Crippen molar-refractivity contribution in [3.63, 3.8) is 0 Å². The Morgan fingerprint density at radius 1 is 0.857 bits per heavy atom. The molecule has 0 aromatic heterocycles. The van der Waals surface area contributed by atoms with E-state index in [-0.39, 0.29) is 18.3 Å². The Bertz CT molecular complexity index is 927. The summed E-state index contributed by atoms with van der Waals surface area (Å²) in [5, 5.41) is 0. The number of halogens is 1. The maximum absolute atomic E-state index is 6.03. The molecule has 3 aromatic rings. The summed E-state index contributed by atoms with van der Waals surface area (Å²) in [4.78, 5) is 4.42. The van der Waals surface area contributed by atoms with Crippen LogP contribution in [0.1, 0.15) is 22.6 Å². The van der Waals surface area contributed by atoms with Gasteiger partial charge in [-0.25, -0.2) is 0 Å². The lowest BCUT2D eigenvalue weighted by atomic mass is 9.80. The molecule has 3 nitrogen and oxygen atoms in total. The highest BCUT2D eigenvalue weighted by atomic mass is 35.5. The normalized spacial score (nSPS) is 14.9. The molecule has 1 unspecified atom stereocenters. The van der Waals surface area contributed by atoms with Gasteiger partial charge in [-0.1, -0.05) is 48.5 Å². The Morgan fingerprint density at radius 3 is 2.29 bits per heavy atom. The number of anilines is 2. The molecule has 0 saturated carbocycles. The molecular weight excluding hydrogens is 368 g/mol. The van der Waals surface area contributed by atoms with Crippen LogP contribution in [-0.4, -0.2) is 39.2 Å². The first-order valence-corrected chi connectivity index (χ1v) is 9.44. The quantitative estimate of drug-likeness (QED) is 0.583. The number of ether oxygens (including phenoxy) is 1. The summed E-state index contributed by atoms with van der Waals surface area (Å²) in [5.41, 5.74) is 6.45. The van der Waals surface area contributed by atoms with Crippen LogP contribution < -0.4 is 9.64 Å². The van der Waals surface area contributed by atoms with Crippen LogP contribution in [-0.2, 0) is 0 Å². The van der Waals surface area contributed by atoms with E-state index in [9.17, 15) is 0 Å². The lowest BCUT2D eigenvalue weighted by Gasteiger charge is -2.36. The highest BCUT2D eigenvalue weighted by molar-refractivity contribution is 5.85. The third-order valence-corrected chi connectivity index (χ3v) is 5.22. The van der Waals surface area contributed by atoms with Crippen molar-refractivity contribution in [2.75, 3.05) is 39.2 Å². The largest absolute Gasteiger partial charge is 0.492 e. The van der Waals surface area contributed by atoms with Gasteiger partial charge in [0.2, 0.25) is 0 Å². The van der Waals surface area contributed by atoms with Crippen molar-refractivity contribution in [2.45, 2.75) is 5.92 Å². The molecule has 4 heteroatoms. The minimum Gasteiger partial charge on any atom is -0.492 e. The van der Waals surface area contributed by atoms with Crippen molar-refractivity contribution in [3.05, 3.63) is 89.5 Å². The van der Waals surface area contributed by atoms with E-state index in [1.807, 2.05) is 0 Å². The fraction of sp³-hybridized carbons (Fsp3) is 0.250. The van der Waals surface area contributed by atoms with Crippen LogP contribution in [0, 0.1) is 0 Å². The molecule has 0 N–H and O–H groups in total. The first kappa shape index (κ1) is 20.2. The molecule has 0 amide bonds. The van der Waals surface area contributed by atoms with Crippen molar-refractivity contribution in [1.82, 2.24) is 4.90 Å². The van der Waals surface area contributed by atoms with Crippen LogP contribution in [0.4, 0.5) is 11.4 Å². The smallest absolute Gasteiger partial charge is 0.119 e. The Balaban J connectivity index is 0.00000225. The number of para-hydroxylation sites is 1. The molecule has 0 saturated heterocycles. The Morgan fingerprint density at radius 2 is 1.54 bits per heavy atom. The summed E-state index contributed by atoms with van der Waals surface area (Å²) >= 11 is 0. The van der Waals surface area contributed by atoms with Crippen LogP contribution in [0.5, 0.6) is 5.75 Å². The number of likely N-dealkylation sites (N-methyl/N-ethyl adjacent to an activating group) is 1. The molecule has 0 aliphatic carbocycles. The van der Waals surface area contributed by atoms with Crippen LogP contribution >= 0.6 is 12.4 Å². The predicted molar refractivity (Wildman–Crippen MR) is 120 cm³/mol. The number of benzene rings is 3. The standard InChI is InChI=1S/C24H26N2O.ClH/c1-25(2)15-16-27-19-13-14-23-21(17-19)24(18-9-5-4-6-10-18)20-11-7-8-12-22(20)26(23)3;/h4-14,17,24H,15-16H2,1-3H3;1H. The van der Waals surface area contributed by atoms with Gasteiger partial charge in [-0.15, -0.1) is 12.4 Å². The van der Waals surface area contributed by atoms with Gasteiger partial charge in [0.1, 0.15) is 12.4 Å². The summed E-state index contributed by atoms with van der Waals surface area (Å²) in [6.07, 6.45) is 0. The van der Waals surface area contributed by atoms with E-state index in [1.165, 1.54) is 28.1 Å². The van der Waals surface area contributed by atoms with Crippen LogP contribution in [0.2, 0.25) is 0 Å². The maximum atomic E-state index is 6.03. The average Bonchev–Trinajstić information content (AvgIpc) is 2.69. The van der Waals surface area contributed by atoms with E-state index < -0.39 is 0 Å². The minimum atomic E-state index is 0.